The molecule has 0 aromatic heterocycles. The molecule has 0 aliphatic heterocycles. The number of rotatable bonds is 4. The van der Waals surface area contributed by atoms with E-state index in [-0.39, 0.29) is 11.9 Å². The fourth-order valence-electron chi connectivity index (χ4n) is 2.67. The lowest BCUT2D eigenvalue weighted by Crippen LogP contribution is -2.27. The van der Waals surface area contributed by atoms with Crippen molar-refractivity contribution in [3.8, 4) is 0 Å². The first kappa shape index (κ1) is 12.6. The van der Waals surface area contributed by atoms with Crippen LogP contribution in [-0.4, -0.2) is 6.54 Å². The highest BCUT2D eigenvalue weighted by Gasteiger charge is 2.15. The molecule has 1 aromatic rings. The zero-order chi connectivity index (χ0) is 12.1. The van der Waals surface area contributed by atoms with Crippen molar-refractivity contribution < 1.29 is 4.39 Å². The summed E-state index contributed by atoms with van der Waals surface area (Å²) in [6.07, 6.45) is 6.77. The Kier molecular flexibility index (Phi) is 4.55. The highest BCUT2D eigenvalue weighted by atomic mass is 19.1. The molecular formula is C15H22FN. The molecule has 17 heavy (non-hydrogen) atoms. The fraction of sp³-hybridized carbons (Fsp3) is 0.600. The summed E-state index contributed by atoms with van der Waals surface area (Å²) in [5, 5.41) is 3.47. The van der Waals surface area contributed by atoms with Gasteiger partial charge in [-0.3, -0.25) is 0 Å². The van der Waals surface area contributed by atoms with Crippen molar-refractivity contribution in [2.24, 2.45) is 5.92 Å². The van der Waals surface area contributed by atoms with Gasteiger partial charge in [0.15, 0.2) is 0 Å². The maximum Gasteiger partial charge on any atom is 0.127 e. The summed E-state index contributed by atoms with van der Waals surface area (Å²) in [6.45, 7) is 3.07. The first-order valence-electron chi connectivity index (χ1n) is 6.75. The van der Waals surface area contributed by atoms with E-state index in [2.05, 4.69) is 5.32 Å². The third kappa shape index (κ3) is 3.53. The molecule has 1 atom stereocenters. The predicted octanol–water partition coefficient (Wildman–Crippen LogP) is 4.06. The predicted molar refractivity (Wildman–Crippen MR) is 69.4 cm³/mol. The summed E-state index contributed by atoms with van der Waals surface area (Å²) < 4.78 is 13.6. The number of benzene rings is 1. The number of hydrogen-bond acceptors (Lipinski definition) is 1. The average Bonchev–Trinajstić information content (AvgIpc) is 2.38. The minimum atomic E-state index is -0.101. The van der Waals surface area contributed by atoms with Crippen LogP contribution in [0.25, 0.3) is 0 Å². The van der Waals surface area contributed by atoms with Gasteiger partial charge in [0.25, 0.3) is 0 Å². The molecule has 1 saturated carbocycles. The smallest absolute Gasteiger partial charge is 0.127 e. The zero-order valence-electron chi connectivity index (χ0n) is 10.6. The largest absolute Gasteiger partial charge is 0.310 e. The lowest BCUT2D eigenvalue weighted by molar-refractivity contribution is 0.330. The molecule has 94 valence electrons. The van der Waals surface area contributed by atoms with Gasteiger partial charge in [-0.25, -0.2) is 4.39 Å². The molecule has 1 nitrogen and oxygen atoms in total. The summed E-state index contributed by atoms with van der Waals surface area (Å²) in [5.74, 6) is 0.689. The van der Waals surface area contributed by atoms with Crippen molar-refractivity contribution in [1.29, 1.82) is 0 Å². The Morgan fingerprint density at radius 2 is 1.94 bits per heavy atom. The van der Waals surface area contributed by atoms with Crippen LogP contribution in [-0.2, 0) is 0 Å². The van der Waals surface area contributed by atoms with Gasteiger partial charge in [0, 0.05) is 11.6 Å². The third-order valence-electron chi connectivity index (χ3n) is 3.81. The highest BCUT2D eigenvalue weighted by molar-refractivity contribution is 5.20. The molecule has 2 heteroatoms. The Bertz CT molecular complexity index is 345. The van der Waals surface area contributed by atoms with E-state index in [1.54, 1.807) is 6.07 Å². The number of nitrogens with one attached hydrogen (secondary N) is 1. The second-order valence-electron chi connectivity index (χ2n) is 5.16. The van der Waals surface area contributed by atoms with Gasteiger partial charge in [0.05, 0.1) is 0 Å². The number of halogens is 1. The van der Waals surface area contributed by atoms with Crippen LogP contribution in [0, 0.1) is 11.7 Å². The van der Waals surface area contributed by atoms with Crippen LogP contribution in [0.1, 0.15) is 50.6 Å². The quantitative estimate of drug-likeness (QED) is 0.830. The van der Waals surface area contributed by atoms with Crippen LogP contribution in [0.4, 0.5) is 4.39 Å². The Morgan fingerprint density at radius 1 is 1.24 bits per heavy atom. The maximum atomic E-state index is 13.6. The molecule has 1 fully saturated rings. The zero-order valence-corrected chi connectivity index (χ0v) is 10.6. The van der Waals surface area contributed by atoms with Gasteiger partial charge in [-0.15, -0.1) is 0 Å². The summed E-state index contributed by atoms with van der Waals surface area (Å²) in [5.41, 5.74) is 0.781. The Hall–Kier alpha value is -0.890. The second-order valence-corrected chi connectivity index (χ2v) is 5.16. The Labute approximate surface area is 103 Å². The molecule has 0 amide bonds. The molecule has 0 spiro atoms. The topological polar surface area (TPSA) is 12.0 Å². The van der Waals surface area contributed by atoms with Gasteiger partial charge in [-0.05, 0) is 38.3 Å². The highest BCUT2D eigenvalue weighted by Crippen LogP contribution is 2.24. The monoisotopic (exact) mass is 235 g/mol. The lowest BCUT2D eigenvalue weighted by atomic mass is 9.89. The second kappa shape index (κ2) is 6.15. The van der Waals surface area contributed by atoms with Crippen LogP contribution in [0.15, 0.2) is 24.3 Å². The van der Waals surface area contributed by atoms with Crippen LogP contribution in [0.3, 0.4) is 0 Å². The third-order valence-corrected chi connectivity index (χ3v) is 3.81. The van der Waals surface area contributed by atoms with Gasteiger partial charge in [-0.2, -0.15) is 0 Å². The maximum absolute atomic E-state index is 13.6. The standard InChI is InChI=1S/C15H22FN/c1-12(14-9-5-6-10-15(14)16)17-11-13-7-3-2-4-8-13/h5-6,9-10,12-13,17H,2-4,7-8,11H2,1H3. The molecule has 0 radical (unpaired) electrons. The average molecular weight is 235 g/mol. The molecule has 1 unspecified atom stereocenters. The summed E-state index contributed by atoms with van der Waals surface area (Å²) in [7, 11) is 0. The number of hydrogen-bond donors (Lipinski definition) is 1. The van der Waals surface area contributed by atoms with Gasteiger partial charge in [0.1, 0.15) is 5.82 Å². The fourth-order valence-corrected chi connectivity index (χ4v) is 2.67. The van der Waals surface area contributed by atoms with Crippen molar-refractivity contribution in [3.05, 3.63) is 35.6 Å². The molecule has 0 bridgehead atoms. The van der Waals surface area contributed by atoms with Crippen molar-refractivity contribution in [3.63, 3.8) is 0 Å². The van der Waals surface area contributed by atoms with Gasteiger partial charge < -0.3 is 5.32 Å². The van der Waals surface area contributed by atoms with E-state index in [9.17, 15) is 4.39 Å². The Balaban J connectivity index is 1.84. The molecule has 2 rings (SSSR count). The van der Waals surface area contributed by atoms with Crippen LogP contribution in [0.2, 0.25) is 0 Å². The Morgan fingerprint density at radius 3 is 2.65 bits per heavy atom. The van der Waals surface area contributed by atoms with E-state index < -0.39 is 0 Å². The molecule has 1 aromatic carbocycles. The van der Waals surface area contributed by atoms with Crippen LogP contribution in [0.5, 0.6) is 0 Å². The van der Waals surface area contributed by atoms with Crippen molar-refractivity contribution in [2.75, 3.05) is 6.54 Å². The first-order chi connectivity index (χ1) is 8.27. The molecular weight excluding hydrogens is 213 g/mol. The first-order valence-corrected chi connectivity index (χ1v) is 6.75. The minimum absolute atomic E-state index is 0.101. The van der Waals surface area contributed by atoms with Crippen molar-refractivity contribution >= 4 is 0 Å². The van der Waals surface area contributed by atoms with Gasteiger partial charge >= 0.3 is 0 Å². The summed E-state index contributed by atoms with van der Waals surface area (Å²) in [6, 6.07) is 7.16. The molecule has 1 aliphatic carbocycles. The molecule has 0 heterocycles. The minimum Gasteiger partial charge on any atom is -0.310 e. The lowest BCUT2D eigenvalue weighted by Gasteiger charge is -2.24. The molecule has 0 saturated heterocycles. The van der Waals surface area contributed by atoms with E-state index in [0.717, 1.165) is 18.0 Å². The van der Waals surface area contributed by atoms with E-state index >= 15 is 0 Å². The normalized spacial score (nSPS) is 19.2. The van der Waals surface area contributed by atoms with Gasteiger partial charge in [0.2, 0.25) is 0 Å². The van der Waals surface area contributed by atoms with Crippen molar-refractivity contribution in [1.82, 2.24) is 5.32 Å². The van der Waals surface area contributed by atoms with E-state index in [1.807, 2.05) is 19.1 Å². The van der Waals surface area contributed by atoms with Crippen LogP contribution >= 0.6 is 0 Å². The van der Waals surface area contributed by atoms with E-state index in [1.165, 1.54) is 38.2 Å². The van der Waals surface area contributed by atoms with Crippen molar-refractivity contribution in [2.45, 2.75) is 45.1 Å². The summed E-state index contributed by atoms with van der Waals surface area (Å²) >= 11 is 0. The molecule has 1 aliphatic rings. The molecule has 1 N–H and O–H groups in total. The van der Waals surface area contributed by atoms with E-state index in [0.29, 0.717) is 0 Å². The summed E-state index contributed by atoms with van der Waals surface area (Å²) in [4.78, 5) is 0. The van der Waals surface area contributed by atoms with Crippen LogP contribution < -0.4 is 5.32 Å². The SMILES string of the molecule is CC(NCC1CCCCC1)c1ccccc1F. The van der Waals surface area contributed by atoms with E-state index in [4.69, 9.17) is 0 Å². The van der Waals surface area contributed by atoms with Gasteiger partial charge in [-0.1, -0.05) is 37.5 Å².